The van der Waals surface area contributed by atoms with Crippen molar-refractivity contribution in [3.8, 4) is 0 Å². The quantitative estimate of drug-likeness (QED) is 0.666. The largest absolute Gasteiger partial charge is 0.219 e. The van der Waals surface area contributed by atoms with Gasteiger partial charge in [-0.25, -0.2) is 8.42 Å². The van der Waals surface area contributed by atoms with Crippen molar-refractivity contribution in [2.24, 2.45) is 0 Å². The summed E-state index contributed by atoms with van der Waals surface area (Å²) in [6, 6.07) is 14.7. The zero-order valence-corrected chi connectivity index (χ0v) is 14.9. The fraction of sp³-hybridized carbons (Fsp3) is 0.400. The van der Waals surface area contributed by atoms with Gasteiger partial charge in [0.2, 0.25) is 9.84 Å². The average Bonchev–Trinajstić information content (AvgIpc) is 2.58. The summed E-state index contributed by atoms with van der Waals surface area (Å²) in [6.07, 6.45) is 6.23. The van der Waals surface area contributed by atoms with E-state index in [2.05, 4.69) is 13.8 Å². The van der Waals surface area contributed by atoms with Gasteiger partial charge in [0.05, 0.1) is 9.79 Å². The second kappa shape index (κ2) is 8.30. The summed E-state index contributed by atoms with van der Waals surface area (Å²) >= 11 is 0. The minimum Gasteiger partial charge on any atom is -0.219 e. The third kappa shape index (κ3) is 4.68. The highest BCUT2D eigenvalue weighted by atomic mass is 32.2. The SMILES string of the molecule is CCCCc1cccc(S(=O)(=O)c2cccc(CCCC)c2)c1. The molecular formula is C20H26O2S. The van der Waals surface area contributed by atoms with Crippen molar-refractivity contribution in [3.05, 3.63) is 59.7 Å². The number of hydrogen-bond donors (Lipinski definition) is 0. The molecule has 0 bridgehead atoms. The van der Waals surface area contributed by atoms with Crippen molar-refractivity contribution in [3.63, 3.8) is 0 Å². The molecule has 0 atom stereocenters. The molecular weight excluding hydrogens is 304 g/mol. The second-order valence-corrected chi connectivity index (χ2v) is 7.96. The Hall–Kier alpha value is -1.61. The first-order valence-corrected chi connectivity index (χ1v) is 9.99. The predicted molar refractivity (Wildman–Crippen MR) is 95.6 cm³/mol. The van der Waals surface area contributed by atoms with Crippen LogP contribution >= 0.6 is 0 Å². The van der Waals surface area contributed by atoms with Gasteiger partial charge >= 0.3 is 0 Å². The molecule has 23 heavy (non-hydrogen) atoms. The average molecular weight is 330 g/mol. The molecule has 0 aliphatic rings. The van der Waals surface area contributed by atoms with Crippen LogP contribution in [0.5, 0.6) is 0 Å². The van der Waals surface area contributed by atoms with E-state index in [1.165, 1.54) is 0 Å². The lowest BCUT2D eigenvalue weighted by Gasteiger charge is -2.09. The Morgan fingerprint density at radius 2 is 1.17 bits per heavy atom. The fourth-order valence-electron chi connectivity index (χ4n) is 2.63. The van der Waals surface area contributed by atoms with Crippen LogP contribution in [0, 0.1) is 0 Å². The molecule has 0 spiro atoms. The summed E-state index contributed by atoms with van der Waals surface area (Å²) in [4.78, 5) is 0.803. The molecule has 124 valence electrons. The molecule has 2 nitrogen and oxygen atoms in total. The summed E-state index contributed by atoms with van der Waals surface area (Å²) < 4.78 is 25.8. The highest BCUT2D eigenvalue weighted by Gasteiger charge is 2.18. The maximum atomic E-state index is 12.9. The highest BCUT2D eigenvalue weighted by molar-refractivity contribution is 7.91. The van der Waals surface area contributed by atoms with E-state index >= 15 is 0 Å². The number of unbranched alkanes of at least 4 members (excludes halogenated alkanes) is 2. The molecule has 0 amide bonds. The molecule has 0 N–H and O–H groups in total. The Labute approximate surface area is 140 Å². The molecule has 0 aromatic heterocycles. The van der Waals surface area contributed by atoms with Gasteiger partial charge in [0.1, 0.15) is 0 Å². The second-order valence-electron chi connectivity index (χ2n) is 6.01. The van der Waals surface area contributed by atoms with E-state index in [9.17, 15) is 8.42 Å². The van der Waals surface area contributed by atoms with Crippen LogP contribution in [0.3, 0.4) is 0 Å². The van der Waals surface area contributed by atoms with Crippen molar-refractivity contribution in [1.82, 2.24) is 0 Å². The Bertz CT molecular complexity index is 675. The topological polar surface area (TPSA) is 34.1 Å². The smallest absolute Gasteiger partial charge is 0.206 e. The molecule has 0 fully saturated rings. The predicted octanol–water partition coefficient (Wildman–Crippen LogP) is 5.20. The minimum absolute atomic E-state index is 0.402. The van der Waals surface area contributed by atoms with E-state index in [1.54, 1.807) is 12.1 Å². The molecule has 2 aromatic carbocycles. The molecule has 0 aliphatic heterocycles. The first-order chi connectivity index (χ1) is 11.1. The van der Waals surface area contributed by atoms with Gasteiger partial charge in [-0.3, -0.25) is 0 Å². The summed E-state index contributed by atoms with van der Waals surface area (Å²) in [5.74, 6) is 0. The van der Waals surface area contributed by atoms with Gasteiger partial charge in [-0.05, 0) is 61.1 Å². The van der Waals surface area contributed by atoms with Crippen molar-refractivity contribution < 1.29 is 8.42 Å². The van der Waals surface area contributed by atoms with Gasteiger partial charge in [0.25, 0.3) is 0 Å². The normalized spacial score (nSPS) is 11.6. The van der Waals surface area contributed by atoms with Gasteiger partial charge in [0.15, 0.2) is 0 Å². The minimum atomic E-state index is -3.43. The van der Waals surface area contributed by atoms with E-state index < -0.39 is 9.84 Å². The van der Waals surface area contributed by atoms with Crippen LogP contribution in [0.25, 0.3) is 0 Å². The van der Waals surface area contributed by atoms with Crippen LogP contribution in [0.1, 0.15) is 50.7 Å². The van der Waals surface area contributed by atoms with Crippen molar-refractivity contribution in [2.75, 3.05) is 0 Å². The maximum Gasteiger partial charge on any atom is 0.206 e. The van der Waals surface area contributed by atoms with Gasteiger partial charge in [0, 0.05) is 0 Å². The van der Waals surface area contributed by atoms with Crippen LogP contribution < -0.4 is 0 Å². The zero-order chi connectivity index (χ0) is 16.7. The molecule has 0 heterocycles. The molecule has 3 heteroatoms. The molecule has 0 radical (unpaired) electrons. The number of rotatable bonds is 8. The van der Waals surface area contributed by atoms with Crippen molar-refractivity contribution in [1.29, 1.82) is 0 Å². The van der Waals surface area contributed by atoms with E-state index in [1.807, 2.05) is 36.4 Å². The Morgan fingerprint density at radius 1 is 0.739 bits per heavy atom. The molecule has 0 aliphatic carbocycles. The van der Waals surface area contributed by atoms with Crippen molar-refractivity contribution in [2.45, 2.75) is 62.2 Å². The number of aryl methyl sites for hydroxylation is 2. The van der Waals surface area contributed by atoms with Crippen LogP contribution in [-0.2, 0) is 22.7 Å². The number of benzene rings is 2. The zero-order valence-electron chi connectivity index (χ0n) is 14.1. The summed E-state index contributed by atoms with van der Waals surface area (Å²) in [6.45, 7) is 4.28. The van der Waals surface area contributed by atoms with E-state index in [0.717, 1.165) is 49.7 Å². The van der Waals surface area contributed by atoms with Crippen LogP contribution in [0.15, 0.2) is 58.3 Å². The van der Waals surface area contributed by atoms with Crippen LogP contribution in [0.2, 0.25) is 0 Å². The van der Waals surface area contributed by atoms with Gasteiger partial charge in [-0.1, -0.05) is 51.0 Å². The third-order valence-corrected chi connectivity index (χ3v) is 5.80. The monoisotopic (exact) mass is 330 g/mol. The fourth-order valence-corrected chi connectivity index (χ4v) is 4.03. The standard InChI is InChI=1S/C20H26O2S/c1-3-5-9-17-11-7-13-19(15-17)23(21,22)20-14-8-12-18(16-20)10-6-4-2/h7-8,11-16H,3-6,9-10H2,1-2H3. The Kier molecular flexibility index (Phi) is 6.40. The van der Waals surface area contributed by atoms with Crippen molar-refractivity contribution >= 4 is 9.84 Å². The molecule has 0 saturated heterocycles. The highest BCUT2D eigenvalue weighted by Crippen LogP contribution is 2.23. The third-order valence-electron chi connectivity index (χ3n) is 4.06. The molecule has 2 rings (SSSR count). The first-order valence-electron chi connectivity index (χ1n) is 8.51. The van der Waals surface area contributed by atoms with Crippen LogP contribution in [0.4, 0.5) is 0 Å². The Morgan fingerprint density at radius 3 is 1.57 bits per heavy atom. The molecule has 0 saturated carbocycles. The summed E-state index contributed by atoms with van der Waals surface area (Å²) in [7, 11) is -3.43. The maximum absolute atomic E-state index is 12.9. The number of sulfone groups is 1. The molecule has 0 unspecified atom stereocenters. The molecule has 2 aromatic rings. The van der Waals surface area contributed by atoms with Gasteiger partial charge in [-0.2, -0.15) is 0 Å². The lowest BCUT2D eigenvalue weighted by atomic mass is 10.1. The van der Waals surface area contributed by atoms with E-state index in [-0.39, 0.29) is 0 Å². The Balaban J connectivity index is 2.31. The summed E-state index contributed by atoms with van der Waals surface area (Å²) in [5.41, 5.74) is 2.19. The lowest BCUT2D eigenvalue weighted by molar-refractivity contribution is 0.595. The van der Waals surface area contributed by atoms with E-state index in [0.29, 0.717) is 9.79 Å². The van der Waals surface area contributed by atoms with Gasteiger partial charge < -0.3 is 0 Å². The van der Waals surface area contributed by atoms with Crippen LogP contribution in [-0.4, -0.2) is 8.42 Å². The summed E-state index contributed by atoms with van der Waals surface area (Å²) in [5, 5.41) is 0. The van der Waals surface area contributed by atoms with E-state index in [4.69, 9.17) is 0 Å². The first kappa shape index (κ1) is 17.7. The van der Waals surface area contributed by atoms with Gasteiger partial charge in [-0.15, -0.1) is 0 Å². The lowest BCUT2D eigenvalue weighted by Crippen LogP contribution is -2.03. The number of hydrogen-bond acceptors (Lipinski definition) is 2.